The number of nitrogens with zero attached hydrogens (tertiary/aromatic N) is 2. The van der Waals surface area contributed by atoms with E-state index in [1.807, 2.05) is 14.1 Å². The van der Waals surface area contributed by atoms with E-state index in [9.17, 15) is 4.79 Å². The van der Waals surface area contributed by atoms with Crippen molar-refractivity contribution in [2.75, 3.05) is 39.2 Å². The van der Waals surface area contributed by atoms with Crippen LogP contribution in [-0.4, -0.2) is 45.3 Å². The molecule has 2 aromatic rings. The molecule has 1 unspecified atom stereocenters. The maximum Gasteiger partial charge on any atom is 0.406 e. The van der Waals surface area contributed by atoms with E-state index in [0.717, 1.165) is 25.2 Å². The van der Waals surface area contributed by atoms with E-state index in [-0.39, 0.29) is 6.04 Å². The lowest BCUT2D eigenvalue weighted by molar-refractivity contribution is 0.151. The number of rotatable bonds is 5. The standard InChI is InChI=1S/C21H27N3O2/c1-23(2)19-10-8-17(9-11-19)20(14-22-21(25)26-3)24-13-12-16-6-4-5-7-18(16)15-24/h4-11,20H,12-15H2,1-3H3,(H,22,25). The second-order valence-corrected chi connectivity index (χ2v) is 6.86. The van der Waals surface area contributed by atoms with Gasteiger partial charge in [-0.3, -0.25) is 4.90 Å². The van der Waals surface area contributed by atoms with E-state index in [4.69, 9.17) is 4.74 Å². The Labute approximate surface area is 155 Å². The molecule has 26 heavy (non-hydrogen) atoms. The molecule has 0 aromatic heterocycles. The Morgan fingerprint density at radius 1 is 1.15 bits per heavy atom. The van der Waals surface area contributed by atoms with Crippen LogP contribution in [0.15, 0.2) is 48.5 Å². The van der Waals surface area contributed by atoms with Crippen molar-refractivity contribution in [1.29, 1.82) is 0 Å². The largest absolute Gasteiger partial charge is 0.453 e. The Bertz CT molecular complexity index is 743. The smallest absolute Gasteiger partial charge is 0.406 e. The van der Waals surface area contributed by atoms with Crippen molar-refractivity contribution in [2.45, 2.75) is 19.0 Å². The van der Waals surface area contributed by atoms with Gasteiger partial charge in [-0.1, -0.05) is 36.4 Å². The van der Waals surface area contributed by atoms with E-state index in [1.165, 1.54) is 23.8 Å². The van der Waals surface area contributed by atoms with Gasteiger partial charge in [0.15, 0.2) is 0 Å². The summed E-state index contributed by atoms with van der Waals surface area (Å²) in [5.74, 6) is 0. The van der Waals surface area contributed by atoms with E-state index in [0.29, 0.717) is 6.54 Å². The van der Waals surface area contributed by atoms with Gasteiger partial charge in [-0.2, -0.15) is 0 Å². The molecule has 0 radical (unpaired) electrons. The zero-order valence-electron chi connectivity index (χ0n) is 15.7. The number of fused-ring (bicyclic) bond motifs is 1. The predicted octanol–water partition coefficient (Wildman–Crippen LogP) is 3.21. The molecule has 1 aliphatic rings. The number of nitrogens with one attached hydrogen (secondary N) is 1. The third-order valence-electron chi connectivity index (χ3n) is 5.02. The monoisotopic (exact) mass is 353 g/mol. The summed E-state index contributed by atoms with van der Waals surface area (Å²) in [6.45, 7) is 2.38. The van der Waals surface area contributed by atoms with E-state index >= 15 is 0 Å². The molecule has 0 bridgehead atoms. The minimum absolute atomic E-state index is 0.110. The Balaban J connectivity index is 1.82. The normalized spacial score (nSPS) is 15.0. The fourth-order valence-electron chi connectivity index (χ4n) is 3.49. The van der Waals surface area contributed by atoms with Crippen molar-refractivity contribution in [2.24, 2.45) is 0 Å². The van der Waals surface area contributed by atoms with E-state index < -0.39 is 6.09 Å². The van der Waals surface area contributed by atoms with Crippen molar-refractivity contribution in [3.05, 3.63) is 65.2 Å². The molecular weight excluding hydrogens is 326 g/mol. The molecule has 5 heteroatoms. The summed E-state index contributed by atoms with van der Waals surface area (Å²) in [6, 6.07) is 17.3. The van der Waals surface area contributed by atoms with Crippen LogP contribution < -0.4 is 10.2 Å². The van der Waals surface area contributed by atoms with E-state index in [2.05, 4.69) is 63.6 Å². The van der Waals surface area contributed by atoms with Crippen molar-refractivity contribution < 1.29 is 9.53 Å². The van der Waals surface area contributed by atoms with Gasteiger partial charge in [0.2, 0.25) is 0 Å². The molecule has 0 spiro atoms. The first-order valence-corrected chi connectivity index (χ1v) is 8.98. The number of hydrogen-bond acceptors (Lipinski definition) is 4. The topological polar surface area (TPSA) is 44.8 Å². The van der Waals surface area contributed by atoms with Gasteiger partial charge in [-0.15, -0.1) is 0 Å². The Morgan fingerprint density at radius 2 is 1.85 bits per heavy atom. The number of hydrogen-bond donors (Lipinski definition) is 1. The Hall–Kier alpha value is -2.53. The number of carbonyl (C=O) groups excluding carboxylic acids is 1. The van der Waals surface area contributed by atoms with Crippen molar-refractivity contribution in [1.82, 2.24) is 10.2 Å². The number of alkyl carbamates (subject to hydrolysis) is 1. The molecule has 0 saturated heterocycles. The zero-order chi connectivity index (χ0) is 18.5. The average molecular weight is 353 g/mol. The molecular formula is C21H27N3O2. The molecule has 0 fully saturated rings. The lowest BCUT2D eigenvalue weighted by Gasteiger charge is -2.36. The molecule has 1 N–H and O–H groups in total. The summed E-state index contributed by atoms with van der Waals surface area (Å²) in [5, 5.41) is 2.88. The Morgan fingerprint density at radius 3 is 2.50 bits per heavy atom. The third-order valence-corrected chi connectivity index (χ3v) is 5.02. The summed E-state index contributed by atoms with van der Waals surface area (Å²) >= 11 is 0. The van der Waals surface area contributed by atoms with Gasteiger partial charge in [0.25, 0.3) is 0 Å². The first-order chi connectivity index (χ1) is 12.6. The van der Waals surface area contributed by atoms with Gasteiger partial charge in [-0.05, 0) is 35.2 Å². The van der Waals surface area contributed by atoms with Crippen molar-refractivity contribution in [3.63, 3.8) is 0 Å². The molecule has 1 aliphatic heterocycles. The summed E-state index contributed by atoms with van der Waals surface area (Å²) in [6.07, 6.45) is 0.637. The second-order valence-electron chi connectivity index (χ2n) is 6.86. The van der Waals surface area contributed by atoms with Crippen LogP contribution in [0, 0.1) is 0 Å². The molecule has 0 aliphatic carbocycles. The maximum atomic E-state index is 11.6. The van der Waals surface area contributed by atoms with E-state index in [1.54, 1.807) is 0 Å². The van der Waals surface area contributed by atoms with Gasteiger partial charge in [0.1, 0.15) is 0 Å². The fraction of sp³-hybridized carbons (Fsp3) is 0.381. The number of benzene rings is 2. The molecule has 3 rings (SSSR count). The first kappa shape index (κ1) is 18.3. The van der Waals surface area contributed by atoms with Crippen LogP contribution in [0.1, 0.15) is 22.7 Å². The SMILES string of the molecule is COC(=O)NCC(c1ccc(N(C)C)cc1)N1CCc2ccccc2C1. The molecule has 1 amide bonds. The minimum atomic E-state index is -0.391. The van der Waals surface area contributed by atoms with Crippen LogP contribution in [-0.2, 0) is 17.7 Å². The number of carbonyl (C=O) groups is 1. The minimum Gasteiger partial charge on any atom is -0.453 e. The van der Waals surface area contributed by atoms with Crippen molar-refractivity contribution >= 4 is 11.8 Å². The van der Waals surface area contributed by atoms with Gasteiger partial charge < -0.3 is 15.0 Å². The third kappa shape index (κ3) is 4.17. The summed E-state index contributed by atoms with van der Waals surface area (Å²) in [4.78, 5) is 16.1. The van der Waals surface area contributed by atoms with Crippen LogP contribution in [0.25, 0.3) is 0 Å². The number of anilines is 1. The molecule has 1 heterocycles. The average Bonchev–Trinajstić information content (AvgIpc) is 2.68. The van der Waals surface area contributed by atoms with Crippen LogP contribution in [0.3, 0.4) is 0 Å². The lowest BCUT2D eigenvalue weighted by atomic mass is 9.96. The quantitative estimate of drug-likeness (QED) is 0.897. The summed E-state index contributed by atoms with van der Waals surface area (Å²) < 4.78 is 4.76. The van der Waals surface area contributed by atoms with Crippen LogP contribution in [0.2, 0.25) is 0 Å². The highest BCUT2D eigenvalue weighted by Gasteiger charge is 2.25. The van der Waals surface area contributed by atoms with Crippen LogP contribution in [0.4, 0.5) is 10.5 Å². The predicted molar refractivity (Wildman–Crippen MR) is 104 cm³/mol. The maximum absolute atomic E-state index is 11.6. The highest BCUT2D eigenvalue weighted by atomic mass is 16.5. The fourth-order valence-corrected chi connectivity index (χ4v) is 3.49. The first-order valence-electron chi connectivity index (χ1n) is 8.98. The van der Waals surface area contributed by atoms with Gasteiger partial charge in [0, 0.05) is 39.4 Å². The Kier molecular flexibility index (Phi) is 5.78. The number of ether oxygens (including phenoxy) is 1. The molecule has 1 atom stereocenters. The molecule has 0 saturated carbocycles. The van der Waals surface area contributed by atoms with Crippen LogP contribution >= 0.6 is 0 Å². The summed E-state index contributed by atoms with van der Waals surface area (Å²) in [7, 11) is 5.47. The zero-order valence-corrected chi connectivity index (χ0v) is 15.7. The second kappa shape index (κ2) is 8.23. The van der Waals surface area contributed by atoms with Gasteiger partial charge in [0.05, 0.1) is 13.2 Å². The van der Waals surface area contributed by atoms with Gasteiger partial charge in [-0.25, -0.2) is 4.79 Å². The highest BCUT2D eigenvalue weighted by Crippen LogP contribution is 2.28. The molecule has 2 aromatic carbocycles. The highest BCUT2D eigenvalue weighted by molar-refractivity contribution is 5.67. The van der Waals surface area contributed by atoms with Gasteiger partial charge >= 0.3 is 6.09 Å². The van der Waals surface area contributed by atoms with Crippen LogP contribution in [0.5, 0.6) is 0 Å². The molecule has 5 nitrogen and oxygen atoms in total. The summed E-state index contributed by atoms with van der Waals surface area (Å²) in [5.41, 5.74) is 5.15. The number of methoxy groups -OCH3 is 1. The number of amides is 1. The van der Waals surface area contributed by atoms with Crippen molar-refractivity contribution in [3.8, 4) is 0 Å². The molecule has 138 valence electrons. The lowest BCUT2D eigenvalue weighted by Crippen LogP contribution is -2.40.